The molecule has 0 spiro atoms. The second kappa shape index (κ2) is 4.70. The number of hydrazine groups is 1. The van der Waals surface area contributed by atoms with Crippen molar-refractivity contribution in [1.29, 1.82) is 0 Å². The van der Waals surface area contributed by atoms with Gasteiger partial charge in [-0.2, -0.15) is 5.01 Å². The van der Waals surface area contributed by atoms with Crippen LogP contribution in [0.5, 0.6) is 0 Å². The fourth-order valence-electron chi connectivity index (χ4n) is 4.83. The number of carbonyl (C=O) groups excluding carboxylic acids is 3. The lowest BCUT2D eigenvalue weighted by Gasteiger charge is -2.37. The van der Waals surface area contributed by atoms with Gasteiger partial charge in [0.15, 0.2) is 0 Å². The van der Waals surface area contributed by atoms with Crippen molar-refractivity contribution in [3.8, 4) is 0 Å². The van der Waals surface area contributed by atoms with E-state index in [0.29, 0.717) is 22.4 Å². The Hall–Kier alpha value is -2.14. The van der Waals surface area contributed by atoms with E-state index in [9.17, 15) is 14.4 Å². The van der Waals surface area contributed by atoms with Crippen LogP contribution in [0.25, 0.3) is 0 Å². The molecule has 0 unspecified atom stereocenters. The Labute approximate surface area is 143 Å². The summed E-state index contributed by atoms with van der Waals surface area (Å²) in [5.74, 6) is -0.220. The second-order valence-electron chi connectivity index (χ2n) is 7.11. The van der Waals surface area contributed by atoms with Crippen LogP contribution in [0.4, 0.5) is 0 Å². The number of hydrogen-bond donors (Lipinski definition) is 1. The SMILES string of the molecule is O=C(NN1C(=O)[C@@H]2[C@H]3C=C[C@@H]([C@@H]4C[C@H]34)[C@H]2C1=O)c1ccc(Cl)cc1. The minimum Gasteiger partial charge on any atom is -0.272 e. The zero-order chi connectivity index (χ0) is 16.6. The van der Waals surface area contributed by atoms with Crippen LogP contribution in [-0.4, -0.2) is 22.7 Å². The molecule has 6 rings (SSSR count). The number of benzene rings is 1. The Morgan fingerprint density at radius 3 is 2.08 bits per heavy atom. The van der Waals surface area contributed by atoms with E-state index in [1.165, 1.54) is 0 Å². The van der Waals surface area contributed by atoms with E-state index < -0.39 is 5.91 Å². The Balaban J connectivity index is 1.40. The molecule has 1 aromatic rings. The average Bonchev–Trinajstić information content (AvgIpc) is 3.36. The molecule has 6 heteroatoms. The summed E-state index contributed by atoms with van der Waals surface area (Å²) in [7, 11) is 0. The van der Waals surface area contributed by atoms with Crippen LogP contribution in [0.3, 0.4) is 0 Å². The van der Waals surface area contributed by atoms with E-state index in [4.69, 9.17) is 11.6 Å². The van der Waals surface area contributed by atoms with E-state index in [0.717, 1.165) is 11.4 Å². The molecule has 122 valence electrons. The third-order valence-electron chi connectivity index (χ3n) is 5.98. The minimum absolute atomic E-state index is 0.152. The molecule has 3 amide bonds. The first kappa shape index (κ1) is 14.2. The number of nitrogens with zero attached hydrogens (tertiary/aromatic N) is 1. The van der Waals surface area contributed by atoms with Crippen LogP contribution in [0.2, 0.25) is 5.02 Å². The smallest absolute Gasteiger partial charge is 0.270 e. The average molecular weight is 343 g/mol. The van der Waals surface area contributed by atoms with Crippen molar-refractivity contribution in [3.05, 3.63) is 47.0 Å². The molecule has 1 heterocycles. The largest absolute Gasteiger partial charge is 0.272 e. The van der Waals surface area contributed by atoms with Gasteiger partial charge in [0, 0.05) is 10.6 Å². The summed E-state index contributed by atoms with van der Waals surface area (Å²) in [6.45, 7) is 0. The molecule has 0 aromatic heterocycles. The highest BCUT2D eigenvalue weighted by molar-refractivity contribution is 6.30. The van der Waals surface area contributed by atoms with Gasteiger partial charge in [0.2, 0.25) is 0 Å². The normalized spacial score (nSPS) is 38.1. The molecule has 2 bridgehead atoms. The van der Waals surface area contributed by atoms with Gasteiger partial charge in [0.25, 0.3) is 17.7 Å². The van der Waals surface area contributed by atoms with Crippen LogP contribution in [-0.2, 0) is 9.59 Å². The standard InChI is InChI=1S/C18H15ClN2O3/c19-9-3-1-8(2-4-9)16(22)20-21-17(23)14-10-5-6-11(13-7-12(10)13)15(14)18(21)24/h1-6,10-15H,7H2,(H,20,22)/t10-,11-,12-,13+,14+,15+/m0/s1. The highest BCUT2D eigenvalue weighted by Crippen LogP contribution is 2.65. The minimum atomic E-state index is -0.475. The topological polar surface area (TPSA) is 66.5 Å². The number of halogens is 1. The van der Waals surface area contributed by atoms with Crippen molar-refractivity contribution < 1.29 is 14.4 Å². The van der Waals surface area contributed by atoms with Gasteiger partial charge in [-0.15, -0.1) is 0 Å². The number of imide groups is 1. The Morgan fingerprint density at radius 1 is 1.00 bits per heavy atom. The Kier molecular flexibility index (Phi) is 2.78. The number of rotatable bonds is 2. The molecule has 5 aliphatic rings. The maximum Gasteiger partial charge on any atom is 0.270 e. The summed E-state index contributed by atoms with van der Waals surface area (Å²) in [5, 5.41) is 1.47. The van der Waals surface area contributed by atoms with Gasteiger partial charge in [-0.05, 0) is 54.4 Å². The van der Waals surface area contributed by atoms with E-state index in [2.05, 4.69) is 17.6 Å². The van der Waals surface area contributed by atoms with Gasteiger partial charge < -0.3 is 0 Å². The molecule has 24 heavy (non-hydrogen) atoms. The molecule has 5 nitrogen and oxygen atoms in total. The maximum absolute atomic E-state index is 12.8. The summed E-state index contributed by atoms with van der Waals surface area (Å²) in [6, 6.07) is 6.33. The van der Waals surface area contributed by atoms with Crippen LogP contribution in [0, 0.1) is 35.5 Å². The lowest BCUT2D eigenvalue weighted by atomic mass is 9.63. The predicted molar refractivity (Wildman–Crippen MR) is 85.5 cm³/mol. The lowest BCUT2D eigenvalue weighted by molar-refractivity contribution is -0.143. The molecule has 2 saturated carbocycles. The van der Waals surface area contributed by atoms with Crippen molar-refractivity contribution in [1.82, 2.24) is 10.4 Å². The summed E-state index contributed by atoms with van der Waals surface area (Å²) in [6.07, 6.45) is 5.33. The fourth-order valence-corrected chi connectivity index (χ4v) is 4.96. The van der Waals surface area contributed by atoms with E-state index in [1.807, 2.05) is 0 Å². The maximum atomic E-state index is 12.8. The van der Waals surface area contributed by atoms with Crippen LogP contribution >= 0.6 is 11.6 Å². The zero-order valence-corrected chi connectivity index (χ0v) is 13.4. The third-order valence-corrected chi connectivity index (χ3v) is 6.23. The number of hydrogen-bond acceptors (Lipinski definition) is 3. The summed E-state index contributed by atoms with van der Waals surface area (Å²) >= 11 is 5.82. The van der Waals surface area contributed by atoms with Crippen LogP contribution < -0.4 is 5.43 Å². The summed E-state index contributed by atoms with van der Waals surface area (Å²) < 4.78 is 0. The van der Waals surface area contributed by atoms with Crippen LogP contribution in [0.15, 0.2) is 36.4 Å². The molecule has 1 saturated heterocycles. The lowest BCUT2D eigenvalue weighted by Crippen LogP contribution is -2.46. The van der Waals surface area contributed by atoms with E-state index in [1.54, 1.807) is 24.3 Å². The number of nitrogens with one attached hydrogen (secondary N) is 1. The molecule has 0 radical (unpaired) electrons. The monoisotopic (exact) mass is 342 g/mol. The fraction of sp³-hybridized carbons (Fsp3) is 0.389. The molecule has 1 N–H and O–H groups in total. The van der Waals surface area contributed by atoms with Gasteiger partial charge in [-0.3, -0.25) is 19.8 Å². The third kappa shape index (κ3) is 1.79. The molecule has 6 atom stereocenters. The first-order chi connectivity index (χ1) is 11.6. The number of amides is 3. The molecule has 4 aliphatic carbocycles. The molecule has 3 fully saturated rings. The Bertz CT molecular complexity index is 767. The van der Waals surface area contributed by atoms with Gasteiger partial charge in [-0.25, -0.2) is 0 Å². The Morgan fingerprint density at radius 2 is 1.54 bits per heavy atom. The number of carbonyl (C=O) groups is 3. The molecule has 1 aromatic carbocycles. The van der Waals surface area contributed by atoms with Gasteiger partial charge in [0.05, 0.1) is 11.8 Å². The van der Waals surface area contributed by atoms with Gasteiger partial charge in [-0.1, -0.05) is 23.8 Å². The summed E-state index contributed by atoms with van der Waals surface area (Å²) in [4.78, 5) is 37.9. The first-order valence-corrected chi connectivity index (χ1v) is 8.57. The van der Waals surface area contributed by atoms with Crippen molar-refractivity contribution in [2.45, 2.75) is 6.42 Å². The van der Waals surface area contributed by atoms with Crippen molar-refractivity contribution in [3.63, 3.8) is 0 Å². The van der Waals surface area contributed by atoms with Crippen molar-refractivity contribution >= 4 is 29.3 Å². The summed E-state index contributed by atoms with van der Waals surface area (Å²) in [5.41, 5.74) is 2.85. The van der Waals surface area contributed by atoms with Gasteiger partial charge in [0.1, 0.15) is 0 Å². The quantitative estimate of drug-likeness (QED) is 0.660. The van der Waals surface area contributed by atoms with Crippen molar-refractivity contribution in [2.24, 2.45) is 35.5 Å². The van der Waals surface area contributed by atoms with Crippen LogP contribution in [0.1, 0.15) is 16.8 Å². The predicted octanol–water partition coefficient (Wildman–Crippen LogP) is 2.04. The van der Waals surface area contributed by atoms with E-state index >= 15 is 0 Å². The van der Waals surface area contributed by atoms with E-state index in [-0.39, 0.29) is 35.5 Å². The molecular formula is C18H15ClN2O3. The number of allylic oxidation sites excluding steroid dienone is 2. The van der Waals surface area contributed by atoms with Crippen molar-refractivity contribution in [2.75, 3.05) is 0 Å². The first-order valence-electron chi connectivity index (χ1n) is 8.19. The highest BCUT2D eigenvalue weighted by atomic mass is 35.5. The van der Waals surface area contributed by atoms with Gasteiger partial charge >= 0.3 is 0 Å². The molecule has 1 aliphatic heterocycles. The zero-order valence-electron chi connectivity index (χ0n) is 12.7. The molecular weight excluding hydrogens is 328 g/mol. The highest BCUT2D eigenvalue weighted by Gasteiger charge is 2.67. The second-order valence-corrected chi connectivity index (χ2v) is 7.55.